The highest BCUT2D eigenvalue weighted by atomic mass is 16.2. The zero-order valence-electron chi connectivity index (χ0n) is 24.9. The summed E-state index contributed by atoms with van der Waals surface area (Å²) in [6.45, 7) is 6.41. The van der Waals surface area contributed by atoms with Gasteiger partial charge in [-0.1, -0.05) is 103 Å². The Morgan fingerprint density at radius 3 is 2.10 bits per heavy atom. The molecule has 2 heterocycles. The van der Waals surface area contributed by atoms with Crippen LogP contribution >= 0.6 is 0 Å². The highest BCUT2D eigenvalue weighted by molar-refractivity contribution is 5.85. The molecule has 0 spiro atoms. The van der Waals surface area contributed by atoms with Crippen LogP contribution in [0, 0.1) is 11.3 Å². The smallest absolute Gasteiger partial charge is 0.234 e. The van der Waals surface area contributed by atoms with E-state index in [2.05, 4.69) is 118 Å². The first-order valence-corrected chi connectivity index (χ1v) is 15.9. The van der Waals surface area contributed by atoms with Crippen molar-refractivity contribution in [3.8, 4) is 0 Å². The van der Waals surface area contributed by atoms with Crippen LogP contribution in [0.2, 0.25) is 0 Å². The predicted molar refractivity (Wildman–Crippen MR) is 173 cm³/mol. The molecule has 218 valence electrons. The molecule has 4 aromatic carbocycles. The van der Waals surface area contributed by atoms with Gasteiger partial charge in [0, 0.05) is 13.1 Å². The molecule has 0 saturated carbocycles. The number of carbonyl (C=O) groups excluding carboxylic acids is 1. The summed E-state index contributed by atoms with van der Waals surface area (Å²) in [5.74, 6) is 0.900. The van der Waals surface area contributed by atoms with Crippen molar-refractivity contribution in [1.82, 2.24) is 15.1 Å². The predicted octanol–water partition coefficient (Wildman–Crippen LogP) is 6.74. The van der Waals surface area contributed by atoms with Gasteiger partial charge >= 0.3 is 0 Å². The molecule has 0 radical (unpaired) electrons. The molecule has 6 rings (SSSR count). The van der Waals surface area contributed by atoms with E-state index in [9.17, 15) is 4.79 Å². The van der Waals surface area contributed by atoms with E-state index in [-0.39, 0.29) is 11.3 Å². The second kappa shape index (κ2) is 13.7. The van der Waals surface area contributed by atoms with Gasteiger partial charge in [0.15, 0.2) is 0 Å². The minimum Gasteiger partial charge on any atom is -0.354 e. The molecule has 42 heavy (non-hydrogen) atoms. The monoisotopic (exact) mass is 559 g/mol. The van der Waals surface area contributed by atoms with Gasteiger partial charge in [0.25, 0.3) is 0 Å². The van der Waals surface area contributed by atoms with Crippen LogP contribution in [-0.4, -0.2) is 55.0 Å². The molecule has 0 unspecified atom stereocenters. The molecule has 1 amide bonds. The molecule has 2 aliphatic heterocycles. The van der Waals surface area contributed by atoms with E-state index in [0.29, 0.717) is 6.54 Å². The number of benzene rings is 4. The molecular weight excluding hydrogens is 514 g/mol. The Bertz CT molecular complexity index is 1420. The van der Waals surface area contributed by atoms with E-state index in [1.165, 1.54) is 40.3 Å². The SMILES string of the molecule is O=C(CN1CCC(Cc2ccccc2)CC1)NCC1(Cc2cccc3ccccc23)CCN(Cc2ccccc2)CC1. The summed E-state index contributed by atoms with van der Waals surface area (Å²) in [5, 5.41) is 6.07. The zero-order valence-corrected chi connectivity index (χ0v) is 24.9. The van der Waals surface area contributed by atoms with E-state index >= 15 is 0 Å². The number of nitrogens with one attached hydrogen (secondary N) is 1. The summed E-state index contributed by atoms with van der Waals surface area (Å²) in [5.41, 5.74) is 4.27. The number of hydrogen-bond donors (Lipinski definition) is 1. The van der Waals surface area contributed by atoms with Gasteiger partial charge in [0.05, 0.1) is 6.54 Å². The number of fused-ring (bicyclic) bond motifs is 1. The van der Waals surface area contributed by atoms with E-state index in [1.54, 1.807) is 0 Å². The lowest BCUT2D eigenvalue weighted by Gasteiger charge is -2.42. The minimum absolute atomic E-state index is 0.0651. The molecule has 4 nitrogen and oxygen atoms in total. The second-order valence-electron chi connectivity index (χ2n) is 12.8. The van der Waals surface area contributed by atoms with Gasteiger partial charge in [-0.3, -0.25) is 14.6 Å². The summed E-state index contributed by atoms with van der Waals surface area (Å²) in [6, 6.07) is 37.0. The standard InChI is InChI=1S/C38H45N3O/c42-37(29-40-22-18-32(19-23-40)26-31-10-3-1-4-11-31)39-30-38(27-35-16-9-15-34-14-7-8-17-36(34)35)20-24-41(25-21-38)28-33-12-5-2-6-13-33/h1-17,32H,18-30H2,(H,39,42). The summed E-state index contributed by atoms with van der Waals surface area (Å²) in [4.78, 5) is 18.2. The van der Waals surface area contributed by atoms with E-state index in [4.69, 9.17) is 0 Å². The van der Waals surface area contributed by atoms with Crippen LogP contribution in [-0.2, 0) is 24.2 Å². The van der Waals surface area contributed by atoms with Crippen LogP contribution in [0.1, 0.15) is 42.4 Å². The molecule has 0 bridgehead atoms. The number of rotatable bonds is 10. The molecular formula is C38H45N3O. The van der Waals surface area contributed by atoms with Gasteiger partial charge in [-0.05, 0) is 103 Å². The lowest BCUT2D eigenvalue weighted by atomic mass is 9.73. The lowest BCUT2D eigenvalue weighted by molar-refractivity contribution is -0.123. The van der Waals surface area contributed by atoms with Crippen molar-refractivity contribution < 1.29 is 4.79 Å². The van der Waals surface area contributed by atoms with Gasteiger partial charge in [0.2, 0.25) is 5.91 Å². The molecule has 1 N–H and O–H groups in total. The van der Waals surface area contributed by atoms with Gasteiger partial charge < -0.3 is 5.32 Å². The first-order valence-electron chi connectivity index (χ1n) is 15.9. The normalized spacial score (nSPS) is 18.2. The van der Waals surface area contributed by atoms with Crippen LogP contribution < -0.4 is 5.32 Å². The maximum absolute atomic E-state index is 13.3. The van der Waals surface area contributed by atoms with Crippen LogP contribution in [0.4, 0.5) is 0 Å². The number of carbonyl (C=O) groups is 1. The first-order chi connectivity index (χ1) is 20.6. The highest BCUT2D eigenvalue weighted by Gasteiger charge is 2.36. The summed E-state index contributed by atoms with van der Waals surface area (Å²) in [7, 11) is 0. The average Bonchev–Trinajstić information content (AvgIpc) is 3.03. The number of piperidine rings is 2. The molecule has 0 aromatic heterocycles. The maximum Gasteiger partial charge on any atom is 0.234 e. The molecule has 0 aliphatic carbocycles. The molecule has 2 saturated heterocycles. The molecule has 2 aliphatic rings. The van der Waals surface area contributed by atoms with Crippen molar-refractivity contribution in [3.63, 3.8) is 0 Å². The quantitative estimate of drug-likeness (QED) is 0.234. The highest BCUT2D eigenvalue weighted by Crippen LogP contribution is 2.37. The molecule has 2 fully saturated rings. The third-order valence-corrected chi connectivity index (χ3v) is 9.71. The van der Waals surface area contributed by atoms with Crippen LogP contribution in [0.15, 0.2) is 103 Å². The largest absolute Gasteiger partial charge is 0.354 e. The fourth-order valence-electron chi connectivity index (χ4n) is 7.13. The van der Waals surface area contributed by atoms with Crippen molar-refractivity contribution in [3.05, 3.63) is 120 Å². The van der Waals surface area contributed by atoms with Gasteiger partial charge in [-0.15, -0.1) is 0 Å². The van der Waals surface area contributed by atoms with Crippen molar-refractivity contribution in [1.29, 1.82) is 0 Å². The number of likely N-dealkylation sites (tertiary alicyclic amines) is 2. The van der Waals surface area contributed by atoms with Crippen LogP contribution in [0.25, 0.3) is 10.8 Å². The van der Waals surface area contributed by atoms with Gasteiger partial charge in [0.1, 0.15) is 0 Å². The minimum atomic E-state index is 0.0651. The molecule has 4 aromatic rings. The Labute approximate surface area is 251 Å². The molecule has 0 atom stereocenters. The third-order valence-electron chi connectivity index (χ3n) is 9.71. The number of amides is 1. The Hall–Kier alpha value is -3.47. The van der Waals surface area contributed by atoms with Crippen molar-refractivity contribution >= 4 is 16.7 Å². The van der Waals surface area contributed by atoms with E-state index in [1.807, 2.05) is 0 Å². The van der Waals surface area contributed by atoms with Gasteiger partial charge in [-0.25, -0.2) is 0 Å². The summed E-state index contributed by atoms with van der Waals surface area (Å²) in [6.07, 6.45) is 6.68. The Kier molecular flexibility index (Phi) is 9.32. The summed E-state index contributed by atoms with van der Waals surface area (Å²) < 4.78 is 0. The maximum atomic E-state index is 13.3. The average molecular weight is 560 g/mol. The van der Waals surface area contributed by atoms with E-state index in [0.717, 1.165) is 70.9 Å². The van der Waals surface area contributed by atoms with Crippen molar-refractivity contribution in [2.24, 2.45) is 11.3 Å². The second-order valence-corrected chi connectivity index (χ2v) is 12.8. The Balaban J connectivity index is 1.07. The van der Waals surface area contributed by atoms with Crippen molar-refractivity contribution in [2.75, 3.05) is 39.3 Å². The third kappa shape index (κ3) is 7.48. The molecule has 4 heteroatoms. The first kappa shape index (κ1) is 28.6. The van der Waals surface area contributed by atoms with Crippen LogP contribution in [0.3, 0.4) is 0 Å². The summed E-state index contributed by atoms with van der Waals surface area (Å²) >= 11 is 0. The number of nitrogens with zero attached hydrogens (tertiary/aromatic N) is 2. The Morgan fingerprint density at radius 1 is 0.714 bits per heavy atom. The topological polar surface area (TPSA) is 35.6 Å². The van der Waals surface area contributed by atoms with Gasteiger partial charge in [-0.2, -0.15) is 0 Å². The van der Waals surface area contributed by atoms with Crippen molar-refractivity contribution in [2.45, 2.75) is 45.1 Å². The van der Waals surface area contributed by atoms with Crippen LogP contribution in [0.5, 0.6) is 0 Å². The fraction of sp³-hybridized carbons (Fsp3) is 0.395. The zero-order chi connectivity index (χ0) is 28.6. The fourth-order valence-corrected chi connectivity index (χ4v) is 7.13. The number of hydrogen-bond acceptors (Lipinski definition) is 3. The Morgan fingerprint density at radius 2 is 1.36 bits per heavy atom. The lowest BCUT2D eigenvalue weighted by Crippen LogP contribution is -2.49. The van der Waals surface area contributed by atoms with E-state index < -0.39 is 0 Å².